The highest BCUT2D eigenvalue weighted by Crippen LogP contribution is 2.20. The summed E-state index contributed by atoms with van der Waals surface area (Å²) in [4.78, 5) is 3.01. The minimum atomic E-state index is 0.586. The second-order valence-corrected chi connectivity index (χ2v) is 3.32. The van der Waals surface area contributed by atoms with Crippen LogP contribution < -0.4 is 11.5 Å². The molecular formula is C12H13N3. The Morgan fingerprint density at radius 3 is 2.33 bits per heavy atom. The zero-order valence-corrected chi connectivity index (χ0v) is 8.27. The smallest absolute Gasteiger partial charge is 0.0801 e. The molecule has 0 saturated carbocycles. The fourth-order valence-corrected chi connectivity index (χ4v) is 1.35. The van der Waals surface area contributed by atoms with Gasteiger partial charge in [0.2, 0.25) is 0 Å². The van der Waals surface area contributed by atoms with Crippen LogP contribution in [0.25, 0.3) is 12.2 Å². The summed E-state index contributed by atoms with van der Waals surface area (Å²) in [7, 11) is 0. The minimum absolute atomic E-state index is 0.586. The molecule has 0 aliphatic rings. The van der Waals surface area contributed by atoms with Crippen molar-refractivity contribution in [2.75, 3.05) is 11.5 Å². The average molecular weight is 199 g/mol. The van der Waals surface area contributed by atoms with E-state index in [0.29, 0.717) is 11.4 Å². The molecule has 0 amide bonds. The van der Waals surface area contributed by atoms with Gasteiger partial charge in [0, 0.05) is 6.20 Å². The summed E-state index contributed by atoms with van der Waals surface area (Å²) in [5.74, 6) is 0. The maximum Gasteiger partial charge on any atom is 0.0801 e. The summed E-state index contributed by atoms with van der Waals surface area (Å²) < 4.78 is 0. The van der Waals surface area contributed by atoms with E-state index >= 15 is 0 Å². The normalized spacial score (nSPS) is 10.9. The van der Waals surface area contributed by atoms with E-state index in [9.17, 15) is 0 Å². The van der Waals surface area contributed by atoms with Crippen molar-refractivity contribution in [2.24, 2.45) is 0 Å². The van der Waals surface area contributed by atoms with Gasteiger partial charge in [-0.1, -0.05) is 36.4 Å². The van der Waals surface area contributed by atoms with Crippen molar-refractivity contribution in [1.82, 2.24) is 4.98 Å². The molecule has 0 saturated heterocycles. The van der Waals surface area contributed by atoms with Crippen LogP contribution in [-0.2, 0) is 0 Å². The zero-order valence-electron chi connectivity index (χ0n) is 8.27. The number of hydrogen-bond acceptors (Lipinski definition) is 2. The van der Waals surface area contributed by atoms with Gasteiger partial charge in [-0.25, -0.2) is 0 Å². The first-order chi connectivity index (χ1) is 7.27. The van der Waals surface area contributed by atoms with Crippen molar-refractivity contribution in [1.29, 1.82) is 0 Å². The van der Waals surface area contributed by atoms with Gasteiger partial charge >= 0.3 is 0 Å². The number of nitrogen functional groups attached to an aromatic ring is 2. The fraction of sp³-hybridized carbons (Fsp3) is 0. The summed E-state index contributed by atoms with van der Waals surface area (Å²) in [6.45, 7) is 0. The van der Waals surface area contributed by atoms with E-state index < -0.39 is 0 Å². The largest absolute Gasteiger partial charge is 0.396 e. The third kappa shape index (κ3) is 2.02. The number of anilines is 2. The molecule has 0 fully saturated rings. The Kier molecular flexibility index (Phi) is 2.46. The van der Waals surface area contributed by atoms with Crippen LogP contribution in [0.5, 0.6) is 0 Å². The molecule has 0 spiro atoms. The molecule has 0 unspecified atom stereocenters. The first kappa shape index (κ1) is 9.40. The third-order valence-electron chi connectivity index (χ3n) is 2.23. The van der Waals surface area contributed by atoms with Crippen molar-refractivity contribution in [3.05, 3.63) is 47.8 Å². The molecule has 1 aromatic carbocycles. The number of H-pyrrole nitrogens is 1. The molecule has 2 rings (SSSR count). The zero-order chi connectivity index (χ0) is 10.7. The lowest BCUT2D eigenvalue weighted by Crippen LogP contribution is -1.90. The molecule has 3 nitrogen and oxygen atoms in total. The molecular weight excluding hydrogens is 186 g/mol. The first-order valence-corrected chi connectivity index (χ1v) is 4.73. The summed E-state index contributed by atoms with van der Waals surface area (Å²) in [6, 6.07) is 10.0. The van der Waals surface area contributed by atoms with E-state index in [1.807, 2.05) is 42.5 Å². The first-order valence-electron chi connectivity index (χ1n) is 4.73. The highest BCUT2D eigenvalue weighted by molar-refractivity contribution is 5.79. The highest BCUT2D eigenvalue weighted by Gasteiger charge is 2.00. The number of hydrogen-bond donors (Lipinski definition) is 3. The van der Waals surface area contributed by atoms with Crippen LogP contribution in [-0.4, -0.2) is 4.98 Å². The predicted octanol–water partition coefficient (Wildman–Crippen LogP) is 2.35. The van der Waals surface area contributed by atoms with Crippen LogP contribution in [0.2, 0.25) is 0 Å². The van der Waals surface area contributed by atoms with Crippen LogP contribution in [0, 0.1) is 0 Å². The Morgan fingerprint density at radius 2 is 1.73 bits per heavy atom. The number of rotatable bonds is 2. The van der Waals surface area contributed by atoms with E-state index in [1.165, 1.54) is 0 Å². The van der Waals surface area contributed by atoms with Crippen LogP contribution in [0.4, 0.5) is 11.4 Å². The molecule has 0 aliphatic heterocycles. The lowest BCUT2D eigenvalue weighted by atomic mass is 10.2. The fourth-order valence-electron chi connectivity index (χ4n) is 1.35. The van der Waals surface area contributed by atoms with Crippen molar-refractivity contribution in [3.8, 4) is 0 Å². The van der Waals surface area contributed by atoms with Gasteiger partial charge in [0.25, 0.3) is 0 Å². The maximum absolute atomic E-state index is 5.76. The topological polar surface area (TPSA) is 67.8 Å². The molecule has 0 aliphatic carbocycles. The Morgan fingerprint density at radius 1 is 1.00 bits per heavy atom. The van der Waals surface area contributed by atoms with Crippen LogP contribution in [0.1, 0.15) is 11.3 Å². The number of aromatic amines is 1. The molecule has 0 bridgehead atoms. The molecule has 1 heterocycles. The SMILES string of the molecule is Nc1c[nH]c(/C=C/c2ccccc2)c1N. The molecule has 15 heavy (non-hydrogen) atoms. The summed E-state index contributed by atoms with van der Waals surface area (Å²) >= 11 is 0. The predicted molar refractivity (Wildman–Crippen MR) is 65.0 cm³/mol. The average Bonchev–Trinajstić information content (AvgIpc) is 2.59. The molecule has 0 radical (unpaired) electrons. The summed E-state index contributed by atoms with van der Waals surface area (Å²) in [5.41, 5.74) is 14.5. The van der Waals surface area contributed by atoms with Gasteiger partial charge in [0.05, 0.1) is 17.1 Å². The van der Waals surface area contributed by atoms with Gasteiger partial charge in [0.1, 0.15) is 0 Å². The minimum Gasteiger partial charge on any atom is -0.396 e. The third-order valence-corrected chi connectivity index (χ3v) is 2.23. The van der Waals surface area contributed by atoms with Gasteiger partial charge in [-0.15, -0.1) is 0 Å². The quantitative estimate of drug-likeness (QED) is 0.695. The lowest BCUT2D eigenvalue weighted by Gasteiger charge is -1.93. The molecule has 1 aromatic heterocycles. The standard InChI is InChI=1S/C12H13N3/c13-10-8-15-11(12(10)14)7-6-9-4-2-1-3-5-9/h1-8,15H,13-14H2/b7-6+. The highest BCUT2D eigenvalue weighted by atomic mass is 14.8. The van der Waals surface area contributed by atoms with Crippen molar-refractivity contribution >= 4 is 23.5 Å². The Balaban J connectivity index is 2.23. The van der Waals surface area contributed by atoms with Gasteiger partial charge in [-0.2, -0.15) is 0 Å². The number of nitrogens with two attached hydrogens (primary N) is 2. The van der Waals surface area contributed by atoms with E-state index in [2.05, 4.69) is 4.98 Å². The second kappa shape index (κ2) is 3.92. The van der Waals surface area contributed by atoms with Crippen LogP contribution in [0.15, 0.2) is 36.5 Å². The van der Waals surface area contributed by atoms with Crippen molar-refractivity contribution < 1.29 is 0 Å². The lowest BCUT2D eigenvalue weighted by molar-refractivity contribution is 1.38. The van der Waals surface area contributed by atoms with E-state index in [4.69, 9.17) is 11.5 Å². The van der Waals surface area contributed by atoms with Gasteiger partial charge in [0.15, 0.2) is 0 Å². The Hall–Kier alpha value is -2.16. The van der Waals surface area contributed by atoms with Crippen molar-refractivity contribution in [2.45, 2.75) is 0 Å². The second-order valence-electron chi connectivity index (χ2n) is 3.32. The van der Waals surface area contributed by atoms with Crippen LogP contribution >= 0.6 is 0 Å². The molecule has 2 aromatic rings. The van der Waals surface area contributed by atoms with Gasteiger partial charge < -0.3 is 16.5 Å². The van der Waals surface area contributed by atoms with E-state index in [0.717, 1.165) is 11.3 Å². The number of benzene rings is 1. The Labute approximate surface area is 88.4 Å². The number of aromatic nitrogens is 1. The molecule has 76 valence electrons. The van der Waals surface area contributed by atoms with Crippen molar-refractivity contribution in [3.63, 3.8) is 0 Å². The summed E-state index contributed by atoms with van der Waals surface area (Å²) in [5, 5.41) is 0. The molecule has 3 heteroatoms. The number of nitrogens with one attached hydrogen (secondary N) is 1. The molecule has 0 atom stereocenters. The Bertz CT molecular complexity index is 469. The molecule has 5 N–H and O–H groups in total. The van der Waals surface area contributed by atoms with Crippen LogP contribution in [0.3, 0.4) is 0 Å². The monoisotopic (exact) mass is 199 g/mol. The van der Waals surface area contributed by atoms with E-state index in [1.54, 1.807) is 6.20 Å². The van der Waals surface area contributed by atoms with Gasteiger partial charge in [-0.3, -0.25) is 0 Å². The van der Waals surface area contributed by atoms with E-state index in [-0.39, 0.29) is 0 Å². The maximum atomic E-state index is 5.76. The van der Waals surface area contributed by atoms with Gasteiger partial charge in [-0.05, 0) is 11.6 Å². The summed E-state index contributed by atoms with van der Waals surface area (Å²) in [6.07, 6.45) is 5.60.